The lowest BCUT2D eigenvalue weighted by Crippen LogP contribution is -2.60. The summed E-state index contributed by atoms with van der Waals surface area (Å²) in [5, 5.41) is 54.1. The standard InChI is InChI=1S/C58H95NO8/c1-3-5-7-9-11-13-14-15-16-17-18-19-20-21-22-23-24-25-26-27-28-29-30-31-32-33-34-35-36-37-38-40-42-44-46-48-54(62)59-51(52(61)47-45-43-41-39-12-10-8-6-4-2)50-66-58-57(65)56(64)55(63)53(49-60)67-58/h5,7,11-13,15-16,18-19,21-22,24-25,27-28,30-31,39,45,47,51-53,55-58,60-61,63-65H,3-4,6,8-10,14,17,20,23,26,29,32-38,40-44,46,48-50H2,1-2H3,(H,59,62)/b7-5-,13-11-,16-15-,19-18-,22-21-,25-24-,28-27-,31-30-,39-12+,47-45+. The van der Waals surface area contributed by atoms with Gasteiger partial charge >= 0.3 is 0 Å². The topological polar surface area (TPSA) is 149 Å². The third-order valence-electron chi connectivity index (χ3n) is 11.5. The van der Waals surface area contributed by atoms with Gasteiger partial charge in [0, 0.05) is 6.42 Å². The van der Waals surface area contributed by atoms with Crippen molar-refractivity contribution >= 4 is 5.91 Å². The van der Waals surface area contributed by atoms with E-state index in [0.29, 0.717) is 6.42 Å². The highest BCUT2D eigenvalue weighted by molar-refractivity contribution is 5.76. The van der Waals surface area contributed by atoms with Crippen molar-refractivity contribution < 1.29 is 39.8 Å². The van der Waals surface area contributed by atoms with Crippen LogP contribution >= 0.6 is 0 Å². The molecule has 0 aromatic rings. The quantitative estimate of drug-likeness (QED) is 0.0262. The highest BCUT2D eigenvalue weighted by atomic mass is 16.7. The highest BCUT2D eigenvalue weighted by Gasteiger charge is 2.44. The van der Waals surface area contributed by atoms with Crippen LogP contribution in [0.3, 0.4) is 0 Å². The van der Waals surface area contributed by atoms with Crippen LogP contribution in [0.2, 0.25) is 0 Å². The lowest BCUT2D eigenvalue weighted by molar-refractivity contribution is -0.302. The van der Waals surface area contributed by atoms with E-state index >= 15 is 0 Å². The molecule has 1 rings (SSSR count). The van der Waals surface area contributed by atoms with Crippen molar-refractivity contribution in [1.29, 1.82) is 0 Å². The molecule has 0 spiro atoms. The Morgan fingerprint density at radius 1 is 0.522 bits per heavy atom. The predicted molar refractivity (Wildman–Crippen MR) is 280 cm³/mol. The number of carbonyl (C=O) groups excluding carboxylic acids is 1. The summed E-state index contributed by atoms with van der Waals surface area (Å²) in [5.41, 5.74) is 0. The molecule has 0 bridgehead atoms. The number of ether oxygens (including phenoxy) is 2. The number of aliphatic hydroxyl groups excluding tert-OH is 5. The van der Waals surface area contributed by atoms with E-state index in [-0.39, 0.29) is 12.5 Å². The summed E-state index contributed by atoms with van der Waals surface area (Å²) in [7, 11) is 0. The first-order valence-electron chi connectivity index (χ1n) is 26.3. The van der Waals surface area contributed by atoms with Gasteiger partial charge in [0.05, 0.1) is 25.4 Å². The van der Waals surface area contributed by atoms with Crippen LogP contribution in [-0.4, -0.2) is 87.5 Å². The van der Waals surface area contributed by atoms with E-state index in [4.69, 9.17) is 9.47 Å². The molecule has 1 aliphatic rings. The summed E-state index contributed by atoms with van der Waals surface area (Å²) in [6, 6.07) is -0.830. The van der Waals surface area contributed by atoms with Crippen molar-refractivity contribution in [2.45, 2.75) is 224 Å². The molecular weight excluding hydrogens is 839 g/mol. The van der Waals surface area contributed by atoms with Crippen LogP contribution in [0, 0.1) is 0 Å². The van der Waals surface area contributed by atoms with Gasteiger partial charge in [-0.25, -0.2) is 0 Å². The fraction of sp³-hybridized carbons (Fsp3) is 0.638. The number of nitrogens with one attached hydrogen (secondary N) is 1. The highest BCUT2D eigenvalue weighted by Crippen LogP contribution is 2.22. The van der Waals surface area contributed by atoms with E-state index < -0.39 is 49.5 Å². The summed E-state index contributed by atoms with van der Waals surface area (Å²) in [6.45, 7) is 3.56. The van der Waals surface area contributed by atoms with Gasteiger partial charge in [-0.05, 0) is 96.3 Å². The Kier molecular flexibility index (Phi) is 42.6. The second kappa shape index (κ2) is 46.3. The van der Waals surface area contributed by atoms with Gasteiger partial charge in [-0.3, -0.25) is 4.79 Å². The second-order valence-electron chi connectivity index (χ2n) is 17.6. The molecule has 0 aromatic carbocycles. The number of carbonyl (C=O) groups is 1. The van der Waals surface area contributed by atoms with Crippen molar-refractivity contribution in [3.8, 4) is 0 Å². The molecule has 1 amide bonds. The number of aliphatic hydroxyl groups is 5. The average Bonchev–Trinajstić information content (AvgIpc) is 3.33. The maximum absolute atomic E-state index is 13.0. The average molecular weight is 934 g/mol. The van der Waals surface area contributed by atoms with E-state index in [2.05, 4.69) is 129 Å². The van der Waals surface area contributed by atoms with Crippen LogP contribution in [0.15, 0.2) is 122 Å². The first-order valence-corrected chi connectivity index (χ1v) is 26.3. The zero-order valence-electron chi connectivity index (χ0n) is 41.8. The van der Waals surface area contributed by atoms with Crippen LogP contribution < -0.4 is 5.32 Å². The Bertz CT molecular complexity index is 1460. The summed E-state index contributed by atoms with van der Waals surface area (Å²) in [4.78, 5) is 13.0. The third-order valence-corrected chi connectivity index (χ3v) is 11.5. The predicted octanol–water partition coefficient (Wildman–Crippen LogP) is 12.4. The van der Waals surface area contributed by atoms with Crippen LogP contribution in [-0.2, 0) is 14.3 Å². The van der Waals surface area contributed by atoms with Crippen LogP contribution in [0.4, 0.5) is 0 Å². The maximum Gasteiger partial charge on any atom is 0.220 e. The van der Waals surface area contributed by atoms with Gasteiger partial charge in [0.25, 0.3) is 0 Å². The molecule has 380 valence electrons. The first kappa shape index (κ1) is 61.6. The third kappa shape index (κ3) is 36.3. The van der Waals surface area contributed by atoms with E-state index in [9.17, 15) is 30.3 Å². The molecular formula is C58H95NO8. The normalized spacial score (nSPS) is 20.7. The number of amides is 1. The fourth-order valence-electron chi connectivity index (χ4n) is 7.36. The molecule has 6 N–H and O–H groups in total. The molecule has 67 heavy (non-hydrogen) atoms. The van der Waals surface area contributed by atoms with Crippen LogP contribution in [0.1, 0.15) is 181 Å². The van der Waals surface area contributed by atoms with Gasteiger partial charge in [-0.15, -0.1) is 0 Å². The SMILES string of the molecule is CC/C=C\C/C=C\C/C=C\C/C=C\C/C=C\C/C=C\C/C=C\C/C=C\CCCCCCCCCCCCC(=O)NC(COC1OC(CO)C(O)C(O)C1O)C(O)/C=C/CC/C=C/CCCCC. The van der Waals surface area contributed by atoms with Crippen molar-refractivity contribution in [2.24, 2.45) is 0 Å². The Hall–Kier alpha value is -3.41. The van der Waals surface area contributed by atoms with E-state index in [1.165, 1.54) is 57.8 Å². The van der Waals surface area contributed by atoms with Gasteiger partial charge in [0.1, 0.15) is 24.4 Å². The molecule has 1 heterocycles. The van der Waals surface area contributed by atoms with Crippen molar-refractivity contribution in [3.05, 3.63) is 122 Å². The van der Waals surface area contributed by atoms with Gasteiger partial charge in [-0.2, -0.15) is 0 Å². The number of allylic oxidation sites excluding steroid dienone is 19. The van der Waals surface area contributed by atoms with Crippen molar-refractivity contribution in [1.82, 2.24) is 5.32 Å². The molecule has 1 saturated heterocycles. The Morgan fingerprint density at radius 3 is 1.43 bits per heavy atom. The summed E-state index contributed by atoms with van der Waals surface area (Å²) < 4.78 is 11.2. The molecule has 1 fully saturated rings. The van der Waals surface area contributed by atoms with Crippen molar-refractivity contribution in [3.63, 3.8) is 0 Å². The molecule has 7 unspecified atom stereocenters. The van der Waals surface area contributed by atoms with Gasteiger partial charge < -0.3 is 40.3 Å². The summed E-state index contributed by atoms with van der Waals surface area (Å²) >= 11 is 0. The Labute approximate surface area is 408 Å². The van der Waals surface area contributed by atoms with E-state index in [0.717, 1.165) is 103 Å². The van der Waals surface area contributed by atoms with E-state index in [1.807, 2.05) is 6.08 Å². The van der Waals surface area contributed by atoms with Gasteiger partial charge in [-0.1, -0.05) is 200 Å². The molecule has 0 aromatic heterocycles. The van der Waals surface area contributed by atoms with Gasteiger partial charge in [0.15, 0.2) is 6.29 Å². The van der Waals surface area contributed by atoms with Crippen molar-refractivity contribution in [2.75, 3.05) is 13.2 Å². The number of hydrogen-bond donors (Lipinski definition) is 6. The monoisotopic (exact) mass is 934 g/mol. The molecule has 9 nitrogen and oxygen atoms in total. The minimum Gasteiger partial charge on any atom is -0.394 e. The van der Waals surface area contributed by atoms with Crippen LogP contribution in [0.5, 0.6) is 0 Å². The molecule has 0 saturated carbocycles. The summed E-state index contributed by atoms with van der Waals surface area (Å²) in [6.07, 6.45) is 62.8. The number of hydrogen-bond acceptors (Lipinski definition) is 8. The largest absolute Gasteiger partial charge is 0.394 e. The second-order valence-corrected chi connectivity index (χ2v) is 17.6. The molecule has 0 aliphatic carbocycles. The first-order chi connectivity index (χ1) is 32.8. The number of unbranched alkanes of at least 4 members (excludes halogenated alkanes) is 14. The Morgan fingerprint density at radius 2 is 0.940 bits per heavy atom. The number of rotatable bonds is 42. The zero-order valence-corrected chi connectivity index (χ0v) is 41.8. The molecule has 9 heteroatoms. The van der Waals surface area contributed by atoms with E-state index in [1.54, 1.807) is 6.08 Å². The minimum atomic E-state index is -1.58. The maximum atomic E-state index is 13.0. The molecule has 0 radical (unpaired) electrons. The Balaban J connectivity index is 2.15. The van der Waals surface area contributed by atoms with Gasteiger partial charge in [0.2, 0.25) is 5.91 Å². The zero-order chi connectivity index (χ0) is 48.7. The minimum absolute atomic E-state index is 0.201. The van der Waals surface area contributed by atoms with Crippen LogP contribution in [0.25, 0.3) is 0 Å². The smallest absolute Gasteiger partial charge is 0.220 e. The summed E-state index contributed by atoms with van der Waals surface area (Å²) in [5.74, 6) is -0.201. The lowest BCUT2D eigenvalue weighted by Gasteiger charge is -2.40. The fourth-order valence-corrected chi connectivity index (χ4v) is 7.36. The lowest BCUT2D eigenvalue weighted by atomic mass is 9.99. The molecule has 1 aliphatic heterocycles. The molecule has 7 atom stereocenters.